The van der Waals surface area contributed by atoms with Gasteiger partial charge in [0, 0.05) is 18.2 Å². The number of carbonyl (C=O) groups excluding carboxylic acids is 1. The molecule has 3 aliphatic rings. The molecule has 1 aliphatic carbocycles. The molecule has 32 heavy (non-hydrogen) atoms. The average molecular weight is 441 g/mol. The first kappa shape index (κ1) is 19.3. The number of nitrogens with one attached hydrogen (secondary N) is 1. The van der Waals surface area contributed by atoms with Crippen molar-refractivity contribution in [3.8, 4) is 11.5 Å². The number of hydrogen-bond donors (Lipinski definition) is 1. The van der Waals surface area contributed by atoms with Crippen LogP contribution in [0.25, 0.3) is 5.65 Å². The molecule has 0 saturated heterocycles. The van der Waals surface area contributed by atoms with Gasteiger partial charge in [-0.1, -0.05) is 0 Å². The molecule has 2 bridgehead atoms. The number of rotatable bonds is 0. The Morgan fingerprint density at radius 3 is 3.00 bits per heavy atom. The van der Waals surface area contributed by atoms with E-state index in [4.69, 9.17) is 14.5 Å². The quantitative estimate of drug-likeness (QED) is 0.578. The summed E-state index contributed by atoms with van der Waals surface area (Å²) in [7, 11) is 0. The molecule has 3 atom stereocenters. The molecule has 1 fully saturated rings. The third kappa shape index (κ3) is 2.96. The van der Waals surface area contributed by atoms with Crippen molar-refractivity contribution in [2.24, 2.45) is 0 Å². The number of hydrogen-bond acceptors (Lipinski definition) is 6. The standard InChI is InChI=1S/C22H21F2N5O3/c1-11-10-31-19-12(5-13(23)6-15(19)24)8-28-16-3-2-4-17(16)32-18-9-29-20(27-21(18)28)14(7-25-29)22(30)26-11/h5-7,9,11,16-17H,2-4,8,10H2,1H3,(H,26,30)/t11-,16-,17+/m1/s1. The number of carbonyl (C=O) groups is 1. The van der Waals surface area contributed by atoms with Crippen LogP contribution in [-0.2, 0) is 6.54 Å². The van der Waals surface area contributed by atoms with E-state index in [0.717, 1.165) is 25.3 Å². The SMILES string of the molecule is C[C@@H]1COc2c(F)cc(F)cc2CN2c3nc4c(cnn4cc3O[C@H]3CCC[C@H]32)C(=O)N1. The number of benzene rings is 1. The van der Waals surface area contributed by atoms with Crippen LogP contribution in [0.2, 0.25) is 0 Å². The lowest BCUT2D eigenvalue weighted by Gasteiger charge is -2.39. The highest BCUT2D eigenvalue weighted by Crippen LogP contribution is 2.42. The molecule has 0 radical (unpaired) electrons. The first-order chi connectivity index (χ1) is 15.5. The van der Waals surface area contributed by atoms with Crippen molar-refractivity contribution in [1.82, 2.24) is 19.9 Å². The fraction of sp³-hybridized carbons (Fsp3) is 0.409. The fourth-order valence-electron chi connectivity index (χ4n) is 4.88. The summed E-state index contributed by atoms with van der Waals surface area (Å²) in [5.74, 6) is -0.766. The Bertz CT molecular complexity index is 1250. The van der Waals surface area contributed by atoms with Gasteiger partial charge in [-0.3, -0.25) is 4.79 Å². The number of amides is 1. The summed E-state index contributed by atoms with van der Waals surface area (Å²) in [5.41, 5.74) is 1.10. The van der Waals surface area contributed by atoms with E-state index >= 15 is 0 Å². The molecule has 4 heterocycles. The molecule has 0 unspecified atom stereocenters. The van der Waals surface area contributed by atoms with E-state index < -0.39 is 17.7 Å². The van der Waals surface area contributed by atoms with E-state index in [1.165, 1.54) is 16.8 Å². The summed E-state index contributed by atoms with van der Waals surface area (Å²) in [5, 5.41) is 7.10. The number of ether oxygens (including phenoxy) is 2. The third-order valence-corrected chi connectivity index (χ3v) is 6.34. The van der Waals surface area contributed by atoms with Gasteiger partial charge in [-0.05, 0) is 32.3 Å². The first-order valence-electron chi connectivity index (χ1n) is 10.7. The highest BCUT2D eigenvalue weighted by atomic mass is 19.1. The number of fused-ring (bicyclic) bond motifs is 3. The van der Waals surface area contributed by atoms with Crippen LogP contribution >= 0.6 is 0 Å². The average Bonchev–Trinajstić information content (AvgIpc) is 3.37. The maximum absolute atomic E-state index is 14.7. The van der Waals surface area contributed by atoms with Crippen LogP contribution < -0.4 is 19.7 Å². The number of halogens is 2. The maximum Gasteiger partial charge on any atom is 0.257 e. The molecule has 10 heteroatoms. The lowest BCUT2D eigenvalue weighted by Crippen LogP contribution is -2.47. The Morgan fingerprint density at radius 2 is 2.12 bits per heavy atom. The summed E-state index contributed by atoms with van der Waals surface area (Å²) in [6.45, 7) is 1.97. The third-order valence-electron chi connectivity index (χ3n) is 6.34. The zero-order valence-corrected chi connectivity index (χ0v) is 17.3. The van der Waals surface area contributed by atoms with Gasteiger partial charge < -0.3 is 19.7 Å². The van der Waals surface area contributed by atoms with Crippen LogP contribution in [0.3, 0.4) is 0 Å². The van der Waals surface area contributed by atoms with Gasteiger partial charge in [-0.15, -0.1) is 0 Å². The minimum atomic E-state index is -0.773. The van der Waals surface area contributed by atoms with E-state index in [9.17, 15) is 13.6 Å². The van der Waals surface area contributed by atoms with Gasteiger partial charge in [0.05, 0.1) is 24.5 Å². The highest BCUT2D eigenvalue weighted by molar-refractivity contribution is 6.00. The summed E-state index contributed by atoms with van der Waals surface area (Å²) < 4.78 is 42.4. The minimum Gasteiger partial charge on any atom is -0.488 e. The second-order valence-corrected chi connectivity index (χ2v) is 8.60. The largest absolute Gasteiger partial charge is 0.488 e. The van der Waals surface area contributed by atoms with Gasteiger partial charge in [0.25, 0.3) is 5.91 Å². The Morgan fingerprint density at radius 1 is 1.25 bits per heavy atom. The van der Waals surface area contributed by atoms with Gasteiger partial charge >= 0.3 is 0 Å². The fourth-order valence-corrected chi connectivity index (χ4v) is 4.88. The molecule has 166 valence electrons. The molecule has 2 aromatic heterocycles. The molecule has 1 N–H and O–H groups in total. The normalized spacial score (nSPS) is 24.5. The molecule has 3 aromatic rings. The Labute approximate surface area is 182 Å². The predicted octanol–water partition coefficient (Wildman–Crippen LogP) is 2.84. The zero-order chi connectivity index (χ0) is 22.0. The highest BCUT2D eigenvalue weighted by Gasteiger charge is 2.41. The van der Waals surface area contributed by atoms with Crippen molar-refractivity contribution >= 4 is 17.4 Å². The molecule has 0 spiro atoms. The monoisotopic (exact) mass is 441 g/mol. The van der Waals surface area contributed by atoms with Gasteiger partial charge in [0.15, 0.2) is 28.8 Å². The van der Waals surface area contributed by atoms with Crippen LogP contribution in [-0.4, -0.2) is 45.3 Å². The lowest BCUT2D eigenvalue weighted by atomic mass is 10.1. The topological polar surface area (TPSA) is 81.0 Å². The predicted molar refractivity (Wildman–Crippen MR) is 110 cm³/mol. The smallest absolute Gasteiger partial charge is 0.257 e. The van der Waals surface area contributed by atoms with Crippen LogP contribution in [0.15, 0.2) is 24.5 Å². The summed E-state index contributed by atoms with van der Waals surface area (Å²) in [6.07, 6.45) is 5.84. The number of anilines is 1. The van der Waals surface area contributed by atoms with E-state index in [0.29, 0.717) is 28.3 Å². The lowest BCUT2D eigenvalue weighted by molar-refractivity contribution is 0.0927. The van der Waals surface area contributed by atoms with Crippen LogP contribution in [0.4, 0.5) is 14.6 Å². The van der Waals surface area contributed by atoms with Gasteiger partial charge in [-0.25, -0.2) is 18.3 Å². The van der Waals surface area contributed by atoms with E-state index in [1.807, 2.05) is 4.90 Å². The Kier molecular flexibility index (Phi) is 4.24. The van der Waals surface area contributed by atoms with E-state index in [-0.39, 0.29) is 37.0 Å². The van der Waals surface area contributed by atoms with E-state index in [2.05, 4.69) is 10.4 Å². The summed E-state index contributed by atoms with van der Waals surface area (Å²) >= 11 is 0. The van der Waals surface area contributed by atoms with Gasteiger partial charge in [0.1, 0.15) is 24.1 Å². The van der Waals surface area contributed by atoms with Crippen LogP contribution in [0, 0.1) is 11.6 Å². The van der Waals surface area contributed by atoms with Crippen molar-refractivity contribution in [2.45, 2.75) is 50.9 Å². The minimum absolute atomic E-state index is 0.000813. The van der Waals surface area contributed by atoms with E-state index in [1.54, 1.807) is 13.1 Å². The molecule has 1 aromatic carbocycles. The second-order valence-electron chi connectivity index (χ2n) is 8.60. The summed E-state index contributed by atoms with van der Waals surface area (Å²) in [4.78, 5) is 19.6. The summed E-state index contributed by atoms with van der Waals surface area (Å²) in [6, 6.07) is 1.68. The Balaban J connectivity index is 1.57. The first-order valence-corrected chi connectivity index (χ1v) is 10.7. The van der Waals surface area contributed by atoms with Crippen molar-refractivity contribution < 1.29 is 23.0 Å². The molecule has 2 aliphatic heterocycles. The molecule has 1 amide bonds. The van der Waals surface area contributed by atoms with Crippen LogP contribution in [0.5, 0.6) is 11.5 Å². The Hall–Kier alpha value is -3.43. The zero-order valence-electron chi connectivity index (χ0n) is 17.3. The van der Waals surface area contributed by atoms with Gasteiger partial charge in [0.2, 0.25) is 0 Å². The molecular formula is C22H21F2N5O3. The molecular weight excluding hydrogens is 420 g/mol. The second kappa shape index (κ2) is 7.04. The number of aromatic nitrogens is 3. The van der Waals surface area contributed by atoms with Crippen LogP contribution in [0.1, 0.15) is 42.1 Å². The van der Waals surface area contributed by atoms with Crippen molar-refractivity contribution in [1.29, 1.82) is 0 Å². The molecule has 8 nitrogen and oxygen atoms in total. The molecule has 6 rings (SSSR count). The van der Waals surface area contributed by atoms with Crippen molar-refractivity contribution in [3.63, 3.8) is 0 Å². The van der Waals surface area contributed by atoms with Gasteiger partial charge in [-0.2, -0.15) is 5.10 Å². The maximum atomic E-state index is 14.7. The van der Waals surface area contributed by atoms with Crippen molar-refractivity contribution in [3.05, 3.63) is 47.3 Å². The molecule has 1 saturated carbocycles. The number of nitrogens with zero attached hydrogens (tertiary/aromatic N) is 4. The van der Waals surface area contributed by atoms with Crippen molar-refractivity contribution in [2.75, 3.05) is 11.5 Å².